The number of hydrogen-bond donors (Lipinski definition) is 4. The average Bonchev–Trinajstić information content (AvgIpc) is 3.78. The largest absolute Gasteiger partial charge is 0.492 e. The van der Waals surface area contributed by atoms with Crippen LogP contribution in [0, 0.1) is 11.8 Å². The molecule has 0 aromatic heterocycles. The summed E-state index contributed by atoms with van der Waals surface area (Å²) in [5.41, 5.74) is 8.60. The average molecular weight is 705 g/mol. The first-order valence-electron chi connectivity index (χ1n) is 18.2. The van der Waals surface area contributed by atoms with E-state index in [9.17, 15) is 19.9 Å². The van der Waals surface area contributed by atoms with E-state index < -0.39 is 27.4 Å². The van der Waals surface area contributed by atoms with Gasteiger partial charge in [-0.3, -0.25) is 5.32 Å². The molecule has 0 spiro atoms. The van der Waals surface area contributed by atoms with Crippen molar-refractivity contribution in [1.82, 2.24) is 0 Å². The molecule has 3 aliphatic heterocycles. The summed E-state index contributed by atoms with van der Waals surface area (Å²) in [7, 11) is -2.43. The van der Waals surface area contributed by atoms with Crippen LogP contribution in [-0.4, -0.2) is 42.5 Å². The summed E-state index contributed by atoms with van der Waals surface area (Å²) in [6, 6.07) is 29.0. The minimum atomic E-state index is -0.963. The lowest BCUT2D eigenvalue weighted by Crippen LogP contribution is -2.28. The number of amides is 1. The molecular weight excluding hydrogens is 655 g/mol. The van der Waals surface area contributed by atoms with Crippen molar-refractivity contribution in [2.75, 3.05) is 5.32 Å². The van der Waals surface area contributed by atoms with Crippen LogP contribution in [0.3, 0.4) is 0 Å². The summed E-state index contributed by atoms with van der Waals surface area (Å²) < 4.78 is 21.7. The summed E-state index contributed by atoms with van der Waals surface area (Å²) in [6.07, 6.45) is 0.354. The van der Waals surface area contributed by atoms with Gasteiger partial charge in [-0.1, -0.05) is 127 Å². The lowest BCUT2D eigenvalue weighted by Gasteiger charge is -2.16. The van der Waals surface area contributed by atoms with Crippen molar-refractivity contribution >= 4 is 49.5 Å². The van der Waals surface area contributed by atoms with E-state index in [1.165, 1.54) is 5.56 Å². The predicted molar refractivity (Wildman–Crippen MR) is 208 cm³/mol. The Balaban J connectivity index is 0.000000161. The zero-order valence-corrected chi connectivity index (χ0v) is 31.2. The van der Waals surface area contributed by atoms with Gasteiger partial charge in [0.2, 0.25) is 0 Å². The van der Waals surface area contributed by atoms with Gasteiger partial charge in [-0.05, 0) is 80.5 Å². The number of fused-ring (bicyclic) bond motifs is 3. The summed E-state index contributed by atoms with van der Waals surface area (Å²) in [5.74, 6) is 1.18. The molecule has 52 heavy (non-hydrogen) atoms. The Morgan fingerprint density at radius 1 is 0.692 bits per heavy atom. The standard InChI is InChI=1S/C18H20BNO4.C12H17BO2.C10H13BO2/c1-12(2)17-15-9-8-14(10-16(15)19(22)24-17)20-18(21)23-11-13-6-4-3-5-7-13;1-4-12-10-7-9(8(2)3)5-6-11(10)13(14)15-12;1-7(2)10-8-5-3-4-6-9(8)11(12)13-10/h3-10,12,17,22H,11H2,1-2H3,(H,20,21);5-8,12,14H,4H2,1-3H3;3-7,10,12H,1-2H3. The monoisotopic (exact) mass is 705 g/mol. The van der Waals surface area contributed by atoms with Crippen LogP contribution in [-0.2, 0) is 25.3 Å². The Hall–Kier alpha value is -3.90. The van der Waals surface area contributed by atoms with E-state index in [0.29, 0.717) is 23.0 Å². The highest BCUT2D eigenvalue weighted by atomic mass is 16.6. The number of hydrogen-bond acceptors (Lipinski definition) is 8. The molecule has 4 aromatic carbocycles. The third-order valence-electron chi connectivity index (χ3n) is 9.50. The molecule has 0 radical (unpaired) electrons. The predicted octanol–water partition coefficient (Wildman–Crippen LogP) is 5.93. The summed E-state index contributed by atoms with van der Waals surface area (Å²) in [4.78, 5) is 11.9. The van der Waals surface area contributed by atoms with Crippen LogP contribution in [0.1, 0.15) is 107 Å². The maximum Gasteiger partial charge on any atom is 0.492 e. The van der Waals surface area contributed by atoms with Crippen LogP contribution >= 0.6 is 0 Å². The first-order chi connectivity index (χ1) is 24.9. The van der Waals surface area contributed by atoms with Crippen molar-refractivity contribution in [3.63, 3.8) is 0 Å². The van der Waals surface area contributed by atoms with Crippen LogP contribution in [0.25, 0.3) is 0 Å². The molecule has 3 atom stereocenters. The third kappa shape index (κ3) is 9.36. The first-order valence-corrected chi connectivity index (χ1v) is 18.2. The maximum atomic E-state index is 11.9. The molecule has 0 saturated carbocycles. The smallest absolute Gasteiger partial charge is 0.444 e. The Bertz CT molecular complexity index is 1790. The molecule has 12 heteroatoms. The fraction of sp³-hybridized carbons (Fsp3) is 0.375. The van der Waals surface area contributed by atoms with E-state index in [0.717, 1.165) is 39.6 Å². The van der Waals surface area contributed by atoms with Gasteiger partial charge in [0, 0.05) is 5.69 Å². The molecule has 272 valence electrons. The molecule has 3 heterocycles. The Kier molecular flexibility index (Phi) is 13.4. The van der Waals surface area contributed by atoms with Crippen LogP contribution in [0.4, 0.5) is 10.5 Å². The molecule has 1 amide bonds. The van der Waals surface area contributed by atoms with Crippen LogP contribution in [0.5, 0.6) is 0 Å². The van der Waals surface area contributed by atoms with Crippen molar-refractivity contribution in [2.45, 2.75) is 85.7 Å². The van der Waals surface area contributed by atoms with Crippen LogP contribution < -0.4 is 21.7 Å². The molecule has 3 aliphatic rings. The van der Waals surface area contributed by atoms with E-state index in [-0.39, 0.29) is 30.8 Å². The topological polar surface area (TPSA) is 127 Å². The molecule has 0 aliphatic carbocycles. The molecule has 4 aromatic rings. The normalized spacial score (nSPS) is 18.4. The first kappa shape index (κ1) is 39.3. The number of carbonyl (C=O) groups excluding carboxylic acids is 1. The van der Waals surface area contributed by atoms with E-state index in [1.807, 2.05) is 80.6 Å². The molecule has 0 fully saturated rings. The molecule has 0 bridgehead atoms. The molecular formula is C40H50B3NO8. The van der Waals surface area contributed by atoms with Gasteiger partial charge in [-0.2, -0.15) is 0 Å². The third-order valence-corrected chi connectivity index (χ3v) is 9.50. The second-order valence-corrected chi connectivity index (χ2v) is 14.4. The van der Waals surface area contributed by atoms with Gasteiger partial charge in [0.15, 0.2) is 0 Å². The van der Waals surface area contributed by atoms with Crippen molar-refractivity contribution in [3.05, 3.63) is 119 Å². The minimum absolute atomic E-state index is 0.0474. The van der Waals surface area contributed by atoms with E-state index in [1.54, 1.807) is 12.1 Å². The minimum Gasteiger partial charge on any atom is -0.444 e. The zero-order chi connectivity index (χ0) is 37.5. The van der Waals surface area contributed by atoms with Gasteiger partial charge < -0.3 is 33.8 Å². The fourth-order valence-corrected chi connectivity index (χ4v) is 6.68. The number of benzene rings is 4. The summed E-state index contributed by atoms with van der Waals surface area (Å²) in [5, 5.41) is 32.0. The highest BCUT2D eigenvalue weighted by molar-refractivity contribution is 6.62. The van der Waals surface area contributed by atoms with Crippen LogP contribution in [0.2, 0.25) is 0 Å². The SMILES string of the molecule is CC(C)C1OB(O)c2cc(NC(=O)OCc3ccccc3)ccc21.CC(C)C1OB(O)c2ccccc21.CCC1OB(O)c2ccc(C(C)C)cc21. The number of anilines is 1. The maximum absolute atomic E-state index is 11.9. The molecule has 7 rings (SSSR count). The molecule has 9 nitrogen and oxygen atoms in total. The number of ether oxygens (including phenoxy) is 1. The molecule has 4 N–H and O–H groups in total. The highest BCUT2D eigenvalue weighted by Gasteiger charge is 2.37. The van der Waals surface area contributed by atoms with Gasteiger partial charge in [0.05, 0.1) is 18.3 Å². The van der Waals surface area contributed by atoms with Gasteiger partial charge >= 0.3 is 27.4 Å². The van der Waals surface area contributed by atoms with Crippen molar-refractivity contribution < 1.29 is 38.6 Å². The van der Waals surface area contributed by atoms with Gasteiger partial charge in [0.25, 0.3) is 0 Å². The Morgan fingerprint density at radius 3 is 1.90 bits per heavy atom. The van der Waals surface area contributed by atoms with Crippen molar-refractivity contribution in [3.8, 4) is 0 Å². The fourth-order valence-electron chi connectivity index (χ4n) is 6.68. The van der Waals surface area contributed by atoms with E-state index in [2.05, 4.69) is 52.1 Å². The Labute approximate surface area is 309 Å². The lowest BCUT2D eigenvalue weighted by atomic mass is 9.78. The van der Waals surface area contributed by atoms with Crippen molar-refractivity contribution in [2.24, 2.45) is 11.8 Å². The Morgan fingerprint density at radius 2 is 1.27 bits per heavy atom. The highest BCUT2D eigenvalue weighted by Crippen LogP contribution is 2.32. The lowest BCUT2D eigenvalue weighted by molar-refractivity contribution is 0.143. The van der Waals surface area contributed by atoms with Crippen molar-refractivity contribution in [1.29, 1.82) is 0 Å². The molecule has 0 saturated heterocycles. The zero-order valence-electron chi connectivity index (χ0n) is 31.2. The summed E-state index contributed by atoms with van der Waals surface area (Å²) >= 11 is 0. The van der Waals surface area contributed by atoms with Gasteiger partial charge in [0.1, 0.15) is 6.61 Å². The van der Waals surface area contributed by atoms with Crippen LogP contribution in [0.15, 0.2) is 91.0 Å². The van der Waals surface area contributed by atoms with Gasteiger partial charge in [-0.15, -0.1) is 0 Å². The van der Waals surface area contributed by atoms with E-state index in [4.69, 9.17) is 18.7 Å². The number of nitrogens with one attached hydrogen (secondary N) is 1. The number of carbonyl (C=O) groups is 1. The summed E-state index contributed by atoms with van der Waals surface area (Å²) in [6.45, 7) is 14.9. The quantitative estimate of drug-likeness (QED) is 0.175. The van der Waals surface area contributed by atoms with Gasteiger partial charge in [-0.25, -0.2) is 4.79 Å². The second-order valence-electron chi connectivity index (χ2n) is 14.4. The molecule has 3 unspecified atom stereocenters. The second kappa shape index (κ2) is 17.8. The van der Waals surface area contributed by atoms with E-state index >= 15 is 0 Å². The number of rotatable bonds is 7.